The van der Waals surface area contributed by atoms with Crippen LogP contribution in [-0.4, -0.2) is 10.9 Å². The molecule has 0 unspecified atom stereocenters. The zero-order valence-corrected chi connectivity index (χ0v) is 11.9. The molecule has 0 atom stereocenters. The highest BCUT2D eigenvalue weighted by molar-refractivity contribution is 7.11. The number of nitrogens with zero attached hydrogens (tertiary/aromatic N) is 1. The SMILES string of the molecule is Cc1cnc(CNC(=O)c2ccc(Cl)c(Cl)c2)s1. The van der Waals surface area contributed by atoms with Gasteiger partial charge >= 0.3 is 0 Å². The molecule has 0 radical (unpaired) electrons. The van der Waals surface area contributed by atoms with Crippen LogP contribution in [0.15, 0.2) is 24.4 Å². The first-order valence-corrected chi connectivity index (χ1v) is 6.78. The fourth-order valence-electron chi connectivity index (χ4n) is 1.38. The third-order valence-electron chi connectivity index (χ3n) is 2.25. The number of halogens is 2. The van der Waals surface area contributed by atoms with Crippen molar-refractivity contribution in [2.45, 2.75) is 13.5 Å². The molecule has 0 bridgehead atoms. The van der Waals surface area contributed by atoms with Crippen LogP contribution in [0.2, 0.25) is 10.0 Å². The molecule has 1 N–H and O–H groups in total. The van der Waals surface area contributed by atoms with Gasteiger partial charge in [-0.3, -0.25) is 4.79 Å². The number of benzene rings is 1. The van der Waals surface area contributed by atoms with Gasteiger partial charge in [-0.2, -0.15) is 0 Å². The number of carbonyl (C=O) groups is 1. The van der Waals surface area contributed by atoms with Crippen molar-refractivity contribution in [2.24, 2.45) is 0 Å². The summed E-state index contributed by atoms with van der Waals surface area (Å²) in [4.78, 5) is 17.1. The van der Waals surface area contributed by atoms with Crippen molar-refractivity contribution in [2.75, 3.05) is 0 Å². The second-order valence-corrected chi connectivity index (χ2v) is 5.81. The molecule has 0 fully saturated rings. The molecule has 1 aromatic heterocycles. The number of aromatic nitrogens is 1. The van der Waals surface area contributed by atoms with Crippen molar-refractivity contribution >= 4 is 40.4 Å². The largest absolute Gasteiger partial charge is 0.346 e. The Balaban J connectivity index is 2.01. The van der Waals surface area contributed by atoms with Gasteiger partial charge in [0.2, 0.25) is 0 Å². The molecule has 1 heterocycles. The summed E-state index contributed by atoms with van der Waals surface area (Å²) in [5, 5.41) is 4.46. The van der Waals surface area contributed by atoms with E-state index in [-0.39, 0.29) is 5.91 Å². The van der Waals surface area contributed by atoms with E-state index in [1.165, 1.54) is 0 Å². The molecule has 3 nitrogen and oxygen atoms in total. The van der Waals surface area contributed by atoms with Gasteiger partial charge in [-0.1, -0.05) is 23.2 Å². The second-order valence-electron chi connectivity index (χ2n) is 3.68. The Labute approximate surface area is 119 Å². The molecular formula is C12H10Cl2N2OS. The third-order valence-corrected chi connectivity index (χ3v) is 3.90. The number of carbonyl (C=O) groups excluding carboxylic acids is 1. The lowest BCUT2D eigenvalue weighted by Crippen LogP contribution is -2.22. The molecule has 0 aliphatic carbocycles. The Morgan fingerprint density at radius 1 is 1.39 bits per heavy atom. The summed E-state index contributed by atoms with van der Waals surface area (Å²) in [6.45, 7) is 2.39. The fraction of sp³-hybridized carbons (Fsp3) is 0.167. The Bertz CT molecular complexity index is 583. The van der Waals surface area contributed by atoms with Crippen LogP contribution in [0, 0.1) is 6.92 Å². The van der Waals surface area contributed by atoms with Crippen LogP contribution in [0.5, 0.6) is 0 Å². The molecule has 1 amide bonds. The highest BCUT2D eigenvalue weighted by atomic mass is 35.5. The number of aryl methyl sites for hydroxylation is 1. The summed E-state index contributed by atoms with van der Waals surface area (Å²) in [6.07, 6.45) is 1.78. The van der Waals surface area contributed by atoms with Crippen molar-refractivity contribution in [1.82, 2.24) is 10.3 Å². The monoisotopic (exact) mass is 300 g/mol. The average Bonchev–Trinajstić information content (AvgIpc) is 2.75. The van der Waals surface area contributed by atoms with E-state index < -0.39 is 0 Å². The van der Waals surface area contributed by atoms with Gasteiger partial charge in [0.15, 0.2) is 0 Å². The first-order chi connectivity index (χ1) is 8.56. The second kappa shape index (κ2) is 5.69. The minimum absolute atomic E-state index is 0.193. The maximum Gasteiger partial charge on any atom is 0.251 e. The third kappa shape index (κ3) is 3.22. The van der Waals surface area contributed by atoms with E-state index in [0.29, 0.717) is 22.2 Å². The lowest BCUT2D eigenvalue weighted by atomic mass is 10.2. The maximum absolute atomic E-state index is 11.9. The zero-order valence-electron chi connectivity index (χ0n) is 9.54. The van der Waals surface area contributed by atoms with Gasteiger partial charge in [-0.25, -0.2) is 4.98 Å². The number of hydrogen-bond donors (Lipinski definition) is 1. The molecular weight excluding hydrogens is 291 g/mol. The lowest BCUT2D eigenvalue weighted by Gasteiger charge is -2.04. The molecule has 1 aromatic carbocycles. The highest BCUT2D eigenvalue weighted by Crippen LogP contribution is 2.22. The van der Waals surface area contributed by atoms with Crippen LogP contribution < -0.4 is 5.32 Å². The van der Waals surface area contributed by atoms with Gasteiger partial charge in [-0.15, -0.1) is 11.3 Å². The van der Waals surface area contributed by atoms with E-state index in [1.54, 1.807) is 35.7 Å². The van der Waals surface area contributed by atoms with Gasteiger partial charge in [0, 0.05) is 16.6 Å². The number of amides is 1. The molecule has 2 rings (SSSR count). The minimum Gasteiger partial charge on any atom is -0.346 e. The molecule has 2 aromatic rings. The Hall–Kier alpha value is -1.10. The van der Waals surface area contributed by atoms with Crippen LogP contribution in [0.4, 0.5) is 0 Å². The molecule has 6 heteroatoms. The molecule has 94 valence electrons. The molecule has 0 aliphatic heterocycles. The standard InChI is InChI=1S/C12H10Cl2N2OS/c1-7-5-15-11(18-7)6-16-12(17)8-2-3-9(13)10(14)4-8/h2-5H,6H2,1H3,(H,16,17). The van der Waals surface area contributed by atoms with Crippen molar-refractivity contribution in [3.8, 4) is 0 Å². The predicted molar refractivity (Wildman–Crippen MR) is 74.5 cm³/mol. The average molecular weight is 301 g/mol. The first kappa shape index (κ1) is 13.3. The van der Waals surface area contributed by atoms with E-state index in [0.717, 1.165) is 9.88 Å². The van der Waals surface area contributed by atoms with Crippen LogP contribution in [0.3, 0.4) is 0 Å². The zero-order chi connectivity index (χ0) is 13.1. The van der Waals surface area contributed by atoms with Gasteiger partial charge in [0.05, 0.1) is 16.6 Å². The summed E-state index contributed by atoms with van der Waals surface area (Å²) in [7, 11) is 0. The van der Waals surface area contributed by atoms with Gasteiger partial charge < -0.3 is 5.32 Å². The van der Waals surface area contributed by atoms with Crippen molar-refractivity contribution < 1.29 is 4.79 Å². The molecule has 0 saturated heterocycles. The van der Waals surface area contributed by atoms with Crippen molar-refractivity contribution in [1.29, 1.82) is 0 Å². The summed E-state index contributed by atoms with van der Waals surface area (Å²) in [6, 6.07) is 4.79. The molecule has 0 spiro atoms. The van der Waals surface area contributed by atoms with E-state index in [1.807, 2.05) is 6.92 Å². The Kier molecular flexibility index (Phi) is 4.22. The quantitative estimate of drug-likeness (QED) is 0.939. The van der Waals surface area contributed by atoms with E-state index in [4.69, 9.17) is 23.2 Å². The lowest BCUT2D eigenvalue weighted by molar-refractivity contribution is 0.0951. The number of thiazole rings is 1. The summed E-state index contributed by atoms with van der Waals surface area (Å²) >= 11 is 13.2. The maximum atomic E-state index is 11.9. The van der Waals surface area contributed by atoms with Crippen LogP contribution >= 0.6 is 34.5 Å². The first-order valence-electron chi connectivity index (χ1n) is 5.21. The predicted octanol–water partition coefficient (Wildman–Crippen LogP) is 3.69. The summed E-state index contributed by atoms with van der Waals surface area (Å²) < 4.78 is 0. The van der Waals surface area contributed by atoms with E-state index >= 15 is 0 Å². The van der Waals surface area contributed by atoms with Crippen molar-refractivity contribution in [3.05, 3.63) is 49.9 Å². The van der Waals surface area contributed by atoms with E-state index in [2.05, 4.69) is 10.3 Å². The number of rotatable bonds is 3. The number of nitrogens with one attached hydrogen (secondary N) is 1. The van der Waals surface area contributed by atoms with Crippen LogP contribution in [-0.2, 0) is 6.54 Å². The summed E-state index contributed by atoms with van der Waals surface area (Å²) in [5.74, 6) is -0.193. The molecule has 0 aliphatic rings. The van der Waals surface area contributed by atoms with Crippen LogP contribution in [0.1, 0.15) is 20.2 Å². The molecule has 18 heavy (non-hydrogen) atoms. The van der Waals surface area contributed by atoms with Crippen LogP contribution in [0.25, 0.3) is 0 Å². The van der Waals surface area contributed by atoms with E-state index in [9.17, 15) is 4.79 Å². The fourth-order valence-corrected chi connectivity index (χ4v) is 2.40. The Morgan fingerprint density at radius 3 is 2.78 bits per heavy atom. The normalized spacial score (nSPS) is 10.4. The smallest absolute Gasteiger partial charge is 0.251 e. The van der Waals surface area contributed by atoms with Gasteiger partial charge in [0.1, 0.15) is 5.01 Å². The highest BCUT2D eigenvalue weighted by Gasteiger charge is 2.08. The molecule has 0 saturated carbocycles. The van der Waals surface area contributed by atoms with Gasteiger partial charge in [-0.05, 0) is 25.1 Å². The summed E-state index contributed by atoms with van der Waals surface area (Å²) in [5.41, 5.74) is 0.484. The van der Waals surface area contributed by atoms with Gasteiger partial charge in [0.25, 0.3) is 5.91 Å². The van der Waals surface area contributed by atoms with Crippen molar-refractivity contribution in [3.63, 3.8) is 0 Å². The minimum atomic E-state index is -0.193. The number of hydrogen-bond acceptors (Lipinski definition) is 3. The Morgan fingerprint density at radius 2 is 2.17 bits per heavy atom. The topological polar surface area (TPSA) is 42.0 Å².